The highest BCUT2D eigenvalue weighted by Gasteiger charge is 2.91. The van der Waals surface area contributed by atoms with Crippen molar-refractivity contribution in [1.29, 1.82) is 0 Å². The van der Waals surface area contributed by atoms with E-state index in [0.717, 1.165) is 0 Å². The summed E-state index contributed by atoms with van der Waals surface area (Å²) in [5, 5.41) is 0. The second kappa shape index (κ2) is 3.85. The molecule has 0 saturated carbocycles. The Bertz CT molecular complexity index is 234. The highest BCUT2D eigenvalue weighted by Crippen LogP contribution is 2.68. The van der Waals surface area contributed by atoms with E-state index in [2.05, 4.69) is 0 Å². The molecule has 0 nitrogen and oxygen atoms in total. The van der Waals surface area contributed by atoms with Crippen LogP contribution in [-0.2, 0) is 0 Å². The Morgan fingerprint density at radius 3 is 0.875 bits per heavy atom. The van der Waals surface area contributed by atoms with E-state index < -0.39 is 32.2 Å². The van der Waals surface area contributed by atoms with Gasteiger partial charge < -0.3 is 0 Å². The van der Waals surface area contributed by atoms with Crippen LogP contribution in [0.15, 0.2) is 0 Å². The first kappa shape index (κ1) is 15.7. The van der Waals surface area contributed by atoms with Crippen LogP contribution in [0.1, 0.15) is 0 Å². The van der Waals surface area contributed by atoms with E-state index in [0.29, 0.717) is 0 Å². The smallest absolute Gasteiger partial charge is 0.211 e. The van der Waals surface area contributed by atoms with Gasteiger partial charge in [-0.1, -0.05) is 0 Å². The largest absolute Gasteiger partial charge is 0.468 e. The van der Waals surface area contributed by atoms with Gasteiger partial charge in [0.05, 0.1) is 0 Å². The molecule has 0 aromatic rings. The molecule has 0 saturated heterocycles. The minimum Gasteiger partial charge on any atom is -0.211 e. The van der Waals surface area contributed by atoms with Crippen LogP contribution < -0.4 is 0 Å². The van der Waals surface area contributed by atoms with E-state index >= 15 is 0 Å². The second-order valence-corrected chi connectivity index (χ2v) is 3.64. The summed E-state index contributed by atoms with van der Waals surface area (Å²) in [6.45, 7) is 0. The van der Waals surface area contributed by atoms with Crippen LogP contribution in [0.5, 0.6) is 0 Å². The summed E-state index contributed by atoms with van der Waals surface area (Å²) in [5.74, 6) is 0. The summed E-state index contributed by atoms with van der Waals surface area (Å²) < 4.78 is 129. The predicted octanol–water partition coefficient (Wildman–Crippen LogP) is 4.40. The second-order valence-electron chi connectivity index (χ2n) is 2.49. The SMILES string of the molecule is F[PH+](F)C(F)(F)C(F)(C(F)(F)F)C(F)(F)F. The van der Waals surface area contributed by atoms with Gasteiger partial charge in [-0.2, -0.15) is 35.1 Å². The third-order valence-electron chi connectivity index (χ3n) is 1.45. The predicted molar refractivity (Wildman–Crippen MR) is 31.4 cm³/mol. The van der Waals surface area contributed by atoms with Gasteiger partial charge in [-0.05, 0) is 8.39 Å². The molecule has 0 radical (unpaired) electrons. The van der Waals surface area contributed by atoms with Crippen molar-refractivity contribution in [3.05, 3.63) is 0 Å². The average molecular weight is 289 g/mol. The van der Waals surface area contributed by atoms with E-state index in [1.54, 1.807) is 0 Å². The Morgan fingerprint density at radius 1 is 0.562 bits per heavy atom. The summed E-state index contributed by atoms with van der Waals surface area (Å²) in [6, 6.07) is 0. The Balaban J connectivity index is 5.81. The van der Waals surface area contributed by atoms with Crippen LogP contribution in [0.2, 0.25) is 0 Å². The molecule has 0 heterocycles. The van der Waals surface area contributed by atoms with Crippen molar-refractivity contribution >= 4 is 8.54 Å². The van der Waals surface area contributed by atoms with Gasteiger partial charge in [0.1, 0.15) is 0 Å². The van der Waals surface area contributed by atoms with Crippen LogP contribution in [0.4, 0.5) is 47.9 Å². The molecule has 0 atom stereocenters. The molecule has 0 aliphatic carbocycles. The van der Waals surface area contributed by atoms with E-state index in [1.165, 1.54) is 0 Å². The molecule has 12 heteroatoms. The maximum atomic E-state index is 12.4. The van der Waals surface area contributed by atoms with Gasteiger partial charge >= 0.3 is 32.2 Å². The van der Waals surface area contributed by atoms with E-state index in [1.807, 2.05) is 0 Å². The molecule has 0 aromatic heterocycles. The van der Waals surface area contributed by atoms with Crippen LogP contribution in [0.3, 0.4) is 0 Å². The van der Waals surface area contributed by atoms with Gasteiger partial charge in [0.2, 0.25) is 0 Å². The lowest BCUT2D eigenvalue weighted by Gasteiger charge is -2.31. The van der Waals surface area contributed by atoms with Gasteiger partial charge in [-0.3, -0.25) is 0 Å². The molecular weight excluding hydrogens is 288 g/mol. The molecule has 0 bridgehead atoms. The van der Waals surface area contributed by atoms with Crippen molar-refractivity contribution in [2.75, 3.05) is 0 Å². The van der Waals surface area contributed by atoms with E-state index in [4.69, 9.17) is 0 Å². The number of hydrogen-bond donors (Lipinski definition) is 0. The zero-order valence-electron chi connectivity index (χ0n) is 6.66. The molecule has 0 aliphatic heterocycles. The lowest BCUT2D eigenvalue weighted by molar-refractivity contribution is -0.380. The highest BCUT2D eigenvalue weighted by molar-refractivity contribution is 7.47. The zero-order valence-corrected chi connectivity index (χ0v) is 7.66. The fraction of sp³-hybridized carbons (Fsp3) is 1.00. The first-order valence-electron chi connectivity index (χ1n) is 3.08. The van der Waals surface area contributed by atoms with Crippen molar-refractivity contribution in [3.8, 4) is 0 Å². The van der Waals surface area contributed by atoms with Crippen molar-refractivity contribution in [1.82, 2.24) is 0 Å². The van der Waals surface area contributed by atoms with Gasteiger partial charge in [0, 0.05) is 0 Å². The third-order valence-corrected chi connectivity index (χ3v) is 2.27. The Hall–Kier alpha value is -0.340. The molecule has 16 heavy (non-hydrogen) atoms. The van der Waals surface area contributed by atoms with Crippen LogP contribution in [0, 0.1) is 0 Å². The normalized spacial score (nSPS) is 15.8. The summed E-state index contributed by atoms with van der Waals surface area (Å²) in [6.07, 6.45) is -14.4. The lowest BCUT2D eigenvalue weighted by Crippen LogP contribution is -2.63. The minimum absolute atomic E-state index is 6.48. The summed E-state index contributed by atoms with van der Waals surface area (Å²) in [5.41, 5.74) is -14.1. The van der Waals surface area contributed by atoms with Gasteiger partial charge in [0.25, 0.3) is 0 Å². The van der Waals surface area contributed by atoms with E-state index in [-0.39, 0.29) is 0 Å². The summed E-state index contributed by atoms with van der Waals surface area (Å²) in [4.78, 5) is 0. The van der Waals surface area contributed by atoms with E-state index in [9.17, 15) is 47.9 Å². The van der Waals surface area contributed by atoms with Crippen molar-refractivity contribution in [2.45, 2.75) is 23.7 Å². The topological polar surface area (TPSA) is 0 Å². The van der Waals surface area contributed by atoms with Crippen molar-refractivity contribution in [3.63, 3.8) is 0 Å². The monoisotopic (exact) mass is 289 g/mol. The van der Waals surface area contributed by atoms with Crippen LogP contribution in [-0.4, -0.2) is 23.7 Å². The average Bonchev–Trinajstić information content (AvgIpc) is 1.97. The maximum Gasteiger partial charge on any atom is 0.468 e. The van der Waals surface area contributed by atoms with Crippen molar-refractivity contribution in [2.24, 2.45) is 0 Å². The number of halogens is 11. The summed E-state index contributed by atoms with van der Waals surface area (Å²) in [7, 11) is -6.48. The molecule has 0 unspecified atom stereocenters. The van der Waals surface area contributed by atoms with Gasteiger partial charge in [-0.15, -0.1) is 0 Å². The summed E-state index contributed by atoms with van der Waals surface area (Å²) >= 11 is 0. The zero-order chi connectivity index (χ0) is 13.6. The molecule has 0 spiro atoms. The lowest BCUT2D eigenvalue weighted by atomic mass is 10.1. The Kier molecular flexibility index (Phi) is 3.77. The van der Waals surface area contributed by atoms with Crippen molar-refractivity contribution < 1.29 is 47.9 Å². The number of rotatable bonds is 2. The first-order chi connectivity index (χ1) is 6.69. The third kappa shape index (κ3) is 2.05. The highest BCUT2D eigenvalue weighted by atomic mass is 31.2. The Labute approximate surface area is 81.4 Å². The molecule has 0 aliphatic rings. The quantitative estimate of drug-likeness (QED) is 0.522. The molecule has 0 fully saturated rings. The molecule has 0 rings (SSSR count). The fourth-order valence-corrected chi connectivity index (χ4v) is 1.19. The molecule has 0 amide bonds. The number of alkyl halides is 9. The van der Waals surface area contributed by atoms with Crippen LogP contribution >= 0.6 is 8.54 Å². The molecule has 0 aromatic carbocycles. The molecule has 0 N–H and O–H groups in total. The van der Waals surface area contributed by atoms with Crippen LogP contribution in [0.25, 0.3) is 0 Å². The standard InChI is InChI=1S/C4F11P/c5-1(2(6,7)8,3(9,10)11)4(12,13)16(14)15/p+1. The minimum atomic E-state index is -7.25. The first-order valence-corrected chi connectivity index (χ1v) is 4.33. The Morgan fingerprint density at radius 2 is 0.812 bits per heavy atom. The molecular formula is C4HF11P+. The van der Waals surface area contributed by atoms with Gasteiger partial charge in [-0.25, -0.2) is 4.39 Å². The maximum absolute atomic E-state index is 12.4. The molecule has 98 valence electrons. The number of hydrogen-bond acceptors (Lipinski definition) is 0. The fourth-order valence-electron chi connectivity index (χ4n) is 0.647. The van der Waals surface area contributed by atoms with Gasteiger partial charge in [0.15, 0.2) is 0 Å².